The zero-order valence-electron chi connectivity index (χ0n) is 10.9. The fourth-order valence-corrected chi connectivity index (χ4v) is 4.38. The number of carbonyl (C=O) groups excluding carboxylic acids is 2. The van der Waals surface area contributed by atoms with E-state index < -0.39 is 21.7 Å². The molecule has 0 spiro atoms. The van der Waals surface area contributed by atoms with Crippen molar-refractivity contribution in [3.63, 3.8) is 0 Å². The average Bonchev–Trinajstić information content (AvgIpc) is 3.03. The van der Waals surface area contributed by atoms with Gasteiger partial charge < -0.3 is 9.64 Å². The number of amides is 1. The van der Waals surface area contributed by atoms with Crippen LogP contribution in [0.4, 0.5) is 0 Å². The molecule has 2 heterocycles. The van der Waals surface area contributed by atoms with Gasteiger partial charge in [0.25, 0.3) is 5.91 Å². The Morgan fingerprint density at radius 3 is 2.80 bits per heavy atom. The summed E-state index contributed by atoms with van der Waals surface area (Å²) in [5.74, 6) is -0.861. The van der Waals surface area contributed by atoms with Crippen molar-refractivity contribution in [1.29, 1.82) is 0 Å². The molecule has 1 aromatic rings. The van der Waals surface area contributed by atoms with Crippen LogP contribution in [0.15, 0.2) is 16.8 Å². The van der Waals surface area contributed by atoms with E-state index in [1.165, 1.54) is 23.3 Å². The molecule has 0 saturated carbocycles. The first-order valence-electron chi connectivity index (χ1n) is 6.04. The first kappa shape index (κ1) is 15.0. The fourth-order valence-electron chi connectivity index (χ4n) is 1.98. The first-order chi connectivity index (χ1) is 9.39. The maximum Gasteiger partial charge on any atom is 0.339 e. The van der Waals surface area contributed by atoms with Crippen molar-refractivity contribution in [3.05, 3.63) is 22.4 Å². The van der Waals surface area contributed by atoms with Crippen molar-refractivity contribution in [1.82, 2.24) is 4.90 Å². The van der Waals surface area contributed by atoms with Gasteiger partial charge in [0.05, 0.1) is 17.1 Å². The lowest BCUT2D eigenvalue weighted by Gasteiger charge is -2.23. The number of sulfone groups is 1. The lowest BCUT2D eigenvalue weighted by Crippen LogP contribution is -2.40. The molecule has 1 saturated heterocycles. The number of ether oxygens (including phenoxy) is 1. The molecule has 1 atom stereocenters. The molecule has 20 heavy (non-hydrogen) atoms. The highest BCUT2D eigenvalue weighted by atomic mass is 32.2. The van der Waals surface area contributed by atoms with Gasteiger partial charge in [-0.3, -0.25) is 4.79 Å². The molecule has 110 valence electrons. The second-order valence-corrected chi connectivity index (χ2v) is 7.66. The summed E-state index contributed by atoms with van der Waals surface area (Å²) in [6.07, 6.45) is 0.434. The van der Waals surface area contributed by atoms with Crippen LogP contribution in [0.2, 0.25) is 0 Å². The maximum atomic E-state index is 11.9. The highest BCUT2D eigenvalue weighted by molar-refractivity contribution is 7.91. The highest BCUT2D eigenvalue weighted by Crippen LogP contribution is 2.16. The Morgan fingerprint density at radius 1 is 1.50 bits per heavy atom. The zero-order valence-corrected chi connectivity index (χ0v) is 12.6. The Kier molecular flexibility index (Phi) is 4.44. The Balaban J connectivity index is 1.84. The Bertz CT molecular complexity index is 593. The topological polar surface area (TPSA) is 80.8 Å². The molecular weight excluding hydrogens is 302 g/mol. The molecule has 8 heteroatoms. The van der Waals surface area contributed by atoms with Gasteiger partial charge in [-0.05, 0) is 17.9 Å². The van der Waals surface area contributed by atoms with Gasteiger partial charge in [-0.2, -0.15) is 11.3 Å². The van der Waals surface area contributed by atoms with Crippen LogP contribution in [0, 0.1) is 0 Å². The van der Waals surface area contributed by atoms with Gasteiger partial charge in [0.15, 0.2) is 16.4 Å². The number of hydrogen-bond donors (Lipinski definition) is 0. The summed E-state index contributed by atoms with van der Waals surface area (Å²) in [6, 6.07) is 1.29. The molecular formula is C12H15NO5S2. The standard InChI is InChI=1S/C12H15NO5S2/c1-13(10-3-5-20(16,17)8-10)11(14)6-18-12(15)9-2-4-19-7-9/h2,4,7,10H,3,5-6,8H2,1H3/t10-/m1/s1. The van der Waals surface area contributed by atoms with Gasteiger partial charge in [0, 0.05) is 18.5 Å². The summed E-state index contributed by atoms with van der Waals surface area (Å²) in [5.41, 5.74) is 0.411. The Labute approximate surface area is 121 Å². The van der Waals surface area contributed by atoms with Gasteiger partial charge in [-0.1, -0.05) is 0 Å². The summed E-state index contributed by atoms with van der Waals surface area (Å²) >= 11 is 1.37. The fraction of sp³-hybridized carbons (Fsp3) is 0.500. The van der Waals surface area contributed by atoms with E-state index in [0.717, 1.165) is 0 Å². The van der Waals surface area contributed by atoms with Crippen molar-refractivity contribution >= 4 is 33.1 Å². The first-order valence-corrected chi connectivity index (χ1v) is 8.81. The van der Waals surface area contributed by atoms with E-state index in [4.69, 9.17) is 4.74 Å². The van der Waals surface area contributed by atoms with Crippen LogP contribution in [0.3, 0.4) is 0 Å². The molecule has 1 aliphatic rings. The third-order valence-electron chi connectivity index (χ3n) is 3.23. The Hall–Kier alpha value is -1.41. The number of hydrogen-bond acceptors (Lipinski definition) is 6. The molecule has 1 aliphatic heterocycles. The summed E-state index contributed by atoms with van der Waals surface area (Å²) < 4.78 is 27.6. The molecule has 1 fully saturated rings. The molecule has 1 amide bonds. The highest BCUT2D eigenvalue weighted by Gasteiger charge is 2.32. The monoisotopic (exact) mass is 317 g/mol. The van der Waals surface area contributed by atoms with Crippen LogP contribution in [0.5, 0.6) is 0 Å². The van der Waals surface area contributed by atoms with Gasteiger partial charge in [-0.25, -0.2) is 13.2 Å². The number of esters is 1. The molecule has 0 radical (unpaired) electrons. The normalized spacial score (nSPS) is 20.6. The van der Waals surface area contributed by atoms with Crippen LogP contribution in [-0.4, -0.2) is 56.4 Å². The number of carbonyl (C=O) groups is 2. The molecule has 1 aromatic heterocycles. The number of nitrogens with zero attached hydrogens (tertiary/aromatic N) is 1. The zero-order chi connectivity index (χ0) is 14.8. The molecule has 0 unspecified atom stereocenters. The molecule has 6 nitrogen and oxygen atoms in total. The third-order valence-corrected chi connectivity index (χ3v) is 5.67. The van der Waals surface area contributed by atoms with Crippen LogP contribution in [0.25, 0.3) is 0 Å². The molecule has 0 aliphatic carbocycles. The van der Waals surface area contributed by atoms with E-state index in [1.807, 2.05) is 0 Å². The SMILES string of the molecule is CN(C(=O)COC(=O)c1ccsc1)[C@@H]1CCS(=O)(=O)C1. The lowest BCUT2D eigenvalue weighted by atomic mass is 10.2. The van der Waals surface area contributed by atoms with Gasteiger partial charge in [0.1, 0.15) is 0 Å². The minimum absolute atomic E-state index is 0.0201. The predicted octanol–water partition coefficient (Wildman–Crippen LogP) is 0.550. The van der Waals surface area contributed by atoms with E-state index >= 15 is 0 Å². The predicted molar refractivity (Wildman–Crippen MR) is 74.4 cm³/mol. The lowest BCUT2D eigenvalue weighted by molar-refractivity contribution is -0.134. The van der Waals surface area contributed by atoms with E-state index in [9.17, 15) is 18.0 Å². The van der Waals surface area contributed by atoms with Crippen molar-refractivity contribution in [3.8, 4) is 0 Å². The second-order valence-electron chi connectivity index (χ2n) is 4.65. The smallest absolute Gasteiger partial charge is 0.339 e. The number of likely N-dealkylation sites (N-methyl/N-ethyl adjacent to an activating group) is 1. The molecule has 0 bridgehead atoms. The van der Waals surface area contributed by atoms with Crippen LogP contribution in [-0.2, 0) is 19.4 Å². The molecule has 2 rings (SSSR count). The van der Waals surface area contributed by atoms with E-state index in [1.54, 1.807) is 16.8 Å². The maximum absolute atomic E-state index is 11.9. The van der Waals surface area contributed by atoms with Crippen molar-refractivity contribution in [2.75, 3.05) is 25.2 Å². The minimum Gasteiger partial charge on any atom is -0.452 e. The van der Waals surface area contributed by atoms with E-state index in [0.29, 0.717) is 12.0 Å². The summed E-state index contributed by atoms with van der Waals surface area (Å²) in [7, 11) is -1.51. The molecule has 0 N–H and O–H groups in total. The quantitative estimate of drug-likeness (QED) is 0.758. The average molecular weight is 317 g/mol. The minimum atomic E-state index is -3.04. The Morgan fingerprint density at radius 2 is 2.25 bits per heavy atom. The van der Waals surface area contributed by atoms with Crippen LogP contribution < -0.4 is 0 Å². The van der Waals surface area contributed by atoms with Crippen LogP contribution in [0.1, 0.15) is 16.8 Å². The molecule has 0 aromatic carbocycles. The van der Waals surface area contributed by atoms with Crippen LogP contribution >= 0.6 is 11.3 Å². The van der Waals surface area contributed by atoms with Crippen molar-refractivity contribution in [2.24, 2.45) is 0 Å². The largest absolute Gasteiger partial charge is 0.452 e. The van der Waals surface area contributed by atoms with E-state index in [2.05, 4.69) is 0 Å². The van der Waals surface area contributed by atoms with E-state index in [-0.39, 0.29) is 24.2 Å². The van der Waals surface area contributed by atoms with Gasteiger partial charge in [0.2, 0.25) is 0 Å². The second kappa shape index (κ2) is 5.92. The number of rotatable bonds is 4. The third kappa shape index (κ3) is 3.57. The van der Waals surface area contributed by atoms with Gasteiger partial charge in [-0.15, -0.1) is 0 Å². The summed E-state index contributed by atoms with van der Waals surface area (Å²) in [5, 5.41) is 3.38. The van der Waals surface area contributed by atoms with Crippen molar-refractivity contribution < 1.29 is 22.7 Å². The number of thiophene rings is 1. The van der Waals surface area contributed by atoms with Crippen molar-refractivity contribution in [2.45, 2.75) is 12.5 Å². The summed E-state index contributed by atoms with van der Waals surface area (Å²) in [6.45, 7) is -0.373. The van der Waals surface area contributed by atoms with Gasteiger partial charge >= 0.3 is 5.97 Å². The summed E-state index contributed by atoms with van der Waals surface area (Å²) in [4.78, 5) is 24.8.